The fourth-order valence-corrected chi connectivity index (χ4v) is 2.81. The second kappa shape index (κ2) is 3.18. The summed E-state index contributed by atoms with van der Waals surface area (Å²) in [6.45, 7) is 4.47. The standard InChI is InChI=1S/C11H11BrS/c1-11(2)6-5-8-7-9(12)3-4-10(8)13-11/h3-7H,1-2H3. The van der Waals surface area contributed by atoms with Gasteiger partial charge in [-0.25, -0.2) is 0 Å². The molecule has 0 bridgehead atoms. The van der Waals surface area contributed by atoms with E-state index in [-0.39, 0.29) is 4.75 Å². The van der Waals surface area contributed by atoms with Crippen molar-refractivity contribution in [3.8, 4) is 0 Å². The molecule has 2 heteroatoms. The third-order valence-electron chi connectivity index (χ3n) is 2.01. The molecule has 0 unspecified atom stereocenters. The molecule has 1 aromatic rings. The number of rotatable bonds is 0. The van der Waals surface area contributed by atoms with Crippen LogP contribution in [-0.4, -0.2) is 4.75 Å². The Kier molecular flexibility index (Phi) is 2.28. The third kappa shape index (κ3) is 2.00. The first kappa shape index (κ1) is 9.35. The number of halogens is 1. The minimum Gasteiger partial charge on any atom is -0.115 e. The van der Waals surface area contributed by atoms with Crippen molar-refractivity contribution in [3.05, 3.63) is 34.3 Å². The van der Waals surface area contributed by atoms with Crippen LogP contribution in [0.1, 0.15) is 19.4 Å². The van der Waals surface area contributed by atoms with Crippen molar-refractivity contribution in [2.75, 3.05) is 0 Å². The highest BCUT2D eigenvalue weighted by Gasteiger charge is 2.20. The second-order valence-electron chi connectivity index (χ2n) is 3.72. The van der Waals surface area contributed by atoms with Gasteiger partial charge in [-0.15, -0.1) is 11.8 Å². The van der Waals surface area contributed by atoms with Crippen molar-refractivity contribution in [2.45, 2.75) is 23.5 Å². The van der Waals surface area contributed by atoms with Crippen molar-refractivity contribution >= 4 is 33.8 Å². The van der Waals surface area contributed by atoms with Crippen LogP contribution in [0.5, 0.6) is 0 Å². The number of hydrogen-bond acceptors (Lipinski definition) is 1. The van der Waals surface area contributed by atoms with Crippen LogP contribution in [0.25, 0.3) is 6.08 Å². The van der Waals surface area contributed by atoms with Crippen molar-refractivity contribution in [3.63, 3.8) is 0 Å². The second-order valence-corrected chi connectivity index (χ2v) is 6.33. The summed E-state index contributed by atoms with van der Waals surface area (Å²) in [4.78, 5) is 1.37. The van der Waals surface area contributed by atoms with Crippen LogP contribution in [0, 0.1) is 0 Å². The summed E-state index contributed by atoms with van der Waals surface area (Å²) in [6, 6.07) is 6.44. The van der Waals surface area contributed by atoms with Crippen LogP contribution in [0.4, 0.5) is 0 Å². The summed E-state index contributed by atoms with van der Waals surface area (Å²) in [7, 11) is 0. The zero-order valence-corrected chi connectivity index (χ0v) is 10.1. The predicted molar refractivity (Wildman–Crippen MR) is 63.1 cm³/mol. The molecule has 0 fully saturated rings. The normalized spacial score (nSPS) is 18.4. The van der Waals surface area contributed by atoms with Gasteiger partial charge in [-0.1, -0.05) is 28.1 Å². The van der Waals surface area contributed by atoms with Gasteiger partial charge in [-0.3, -0.25) is 0 Å². The first-order valence-electron chi connectivity index (χ1n) is 4.25. The maximum absolute atomic E-state index is 3.48. The molecule has 1 aromatic carbocycles. The molecular formula is C11H11BrS. The van der Waals surface area contributed by atoms with Gasteiger partial charge >= 0.3 is 0 Å². The minimum atomic E-state index is 0.237. The Morgan fingerprint density at radius 2 is 2.08 bits per heavy atom. The molecule has 13 heavy (non-hydrogen) atoms. The van der Waals surface area contributed by atoms with Gasteiger partial charge in [0, 0.05) is 14.1 Å². The lowest BCUT2D eigenvalue weighted by Gasteiger charge is -2.25. The van der Waals surface area contributed by atoms with Crippen molar-refractivity contribution in [2.24, 2.45) is 0 Å². The average molecular weight is 255 g/mol. The SMILES string of the molecule is CC1(C)C=Cc2cc(Br)ccc2S1. The number of benzene rings is 1. The van der Waals surface area contributed by atoms with Gasteiger partial charge in [0.2, 0.25) is 0 Å². The quantitative estimate of drug-likeness (QED) is 0.664. The molecule has 2 rings (SSSR count). The van der Waals surface area contributed by atoms with Crippen LogP contribution >= 0.6 is 27.7 Å². The Morgan fingerprint density at radius 1 is 1.31 bits per heavy atom. The highest BCUT2D eigenvalue weighted by Crippen LogP contribution is 2.41. The van der Waals surface area contributed by atoms with Gasteiger partial charge in [-0.05, 0) is 37.6 Å². The molecular weight excluding hydrogens is 244 g/mol. The third-order valence-corrected chi connectivity index (χ3v) is 3.76. The highest BCUT2D eigenvalue weighted by atomic mass is 79.9. The van der Waals surface area contributed by atoms with Gasteiger partial charge in [0.15, 0.2) is 0 Å². The summed E-state index contributed by atoms with van der Waals surface area (Å²) in [5, 5.41) is 0. The van der Waals surface area contributed by atoms with E-state index in [4.69, 9.17) is 0 Å². The molecule has 0 amide bonds. The fourth-order valence-electron chi connectivity index (χ4n) is 1.35. The van der Waals surface area contributed by atoms with E-state index >= 15 is 0 Å². The molecule has 0 N–H and O–H groups in total. The van der Waals surface area contributed by atoms with Gasteiger partial charge in [0.1, 0.15) is 0 Å². The van der Waals surface area contributed by atoms with Crippen molar-refractivity contribution in [1.29, 1.82) is 0 Å². The van der Waals surface area contributed by atoms with E-state index in [9.17, 15) is 0 Å². The molecule has 0 atom stereocenters. The molecule has 0 radical (unpaired) electrons. The Morgan fingerprint density at radius 3 is 2.85 bits per heavy atom. The first-order valence-corrected chi connectivity index (χ1v) is 5.86. The van der Waals surface area contributed by atoms with Crippen LogP contribution < -0.4 is 0 Å². The van der Waals surface area contributed by atoms with Crippen LogP contribution in [0.3, 0.4) is 0 Å². The van der Waals surface area contributed by atoms with Crippen LogP contribution in [0.15, 0.2) is 33.6 Å². The number of thioether (sulfide) groups is 1. The number of fused-ring (bicyclic) bond motifs is 1. The predicted octanol–water partition coefficient (Wildman–Crippen LogP) is 4.35. The summed E-state index contributed by atoms with van der Waals surface area (Å²) in [6.07, 6.45) is 4.46. The largest absolute Gasteiger partial charge is 0.115 e. The van der Waals surface area contributed by atoms with E-state index in [0.717, 1.165) is 4.47 Å². The Hall–Kier alpha value is -0.210. The lowest BCUT2D eigenvalue weighted by Crippen LogP contribution is -2.12. The molecule has 1 heterocycles. The fraction of sp³-hybridized carbons (Fsp3) is 0.273. The molecule has 0 aromatic heterocycles. The van der Waals surface area contributed by atoms with Crippen molar-refractivity contribution < 1.29 is 0 Å². The highest BCUT2D eigenvalue weighted by molar-refractivity contribution is 9.10. The summed E-state index contributed by atoms with van der Waals surface area (Å²) < 4.78 is 1.39. The van der Waals surface area contributed by atoms with E-state index in [2.05, 4.69) is 60.1 Å². The van der Waals surface area contributed by atoms with Crippen LogP contribution in [-0.2, 0) is 0 Å². The summed E-state index contributed by atoms with van der Waals surface area (Å²) >= 11 is 5.39. The molecule has 0 spiro atoms. The molecule has 0 saturated carbocycles. The molecule has 68 valence electrons. The molecule has 0 saturated heterocycles. The van der Waals surface area contributed by atoms with E-state index < -0.39 is 0 Å². The van der Waals surface area contributed by atoms with E-state index in [1.54, 1.807) is 0 Å². The summed E-state index contributed by atoms with van der Waals surface area (Å²) in [5.74, 6) is 0. The van der Waals surface area contributed by atoms with E-state index in [0.29, 0.717) is 0 Å². The van der Waals surface area contributed by atoms with Crippen LogP contribution in [0.2, 0.25) is 0 Å². The lowest BCUT2D eigenvalue weighted by atomic mass is 10.1. The minimum absolute atomic E-state index is 0.237. The number of hydrogen-bond donors (Lipinski definition) is 0. The smallest absolute Gasteiger partial charge is 0.0333 e. The Labute approximate surface area is 91.6 Å². The van der Waals surface area contributed by atoms with E-state index in [1.807, 2.05) is 11.8 Å². The topological polar surface area (TPSA) is 0 Å². The molecule has 1 aliphatic rings. The Balaban J connectivity index is 2.47. The zero-order valence-electron chi connectivity index (χ0n) is 7.67. The van der Waals surface area contributed by atoms with Gasteiger partial charge in [-0.2, -0.15) is 0 Å². The molecule has 0 aliphatic carbocycles. The maximum atomic E-state index is 3.48. The first-order chi connectivity index (χ1) is 6.07. The maximum Gasteiger partial charge on any atom is 0.0333 e. The monoisotopic (exact) mass is 254 g/mol. The van der Waals surface area contributed by atoms with Gasteiger partial charge in [0.25, 0.3) is 0 Å². The van der Waals surface area contributed by atoms with Gasteiger partial charge in [0.05, 0.1) is 0 Å². The summed E-state index contributed by atoms with van der Waals surface area (Å²) in [5.41, 5.74) is 1.32. The van der Waals surface area contributed by atoms with Crippen molar-refractivity contribution in [1.82, 2.24) is 0 Å². The molecule has 0 nitrogen and oxygen atoms in total. The van der Waals surface area contributed by atoms with E-state index in [1.165, 1.54) is 10.5 Å². The average Bonchev–Trinajstić information content (AvgIpc) is 2.05. The van der Waals surface area contributed by atoms with Gasteiger partial charge < -0.3 is 0 Å². The zero-order chi connectivity index (χ0) is 9.47. The lowest BCUT2D eigenvalue weighted by molar-refractivity contribution is 0.896. The Bertz CT molecular complexity index is 366. The molecule has 1 aliphatic heterocycles.